The maximum absolute atomic E-state index is 13.6. The molecule has 1 fully saturated rings. The van der Waals surface area contributed by atoms with Crippen molar-refractivity contribution in [3.63, 3.8) is 0 Å². The van der Waals surface area contributed by atoms with Crippen LogP contribution in [0.3, 0.4) is 0 Å². The third kappa shape index (κ3) is 2.36. The Labute approximate surface area is 97.2 Å². The van der Waals surface area contributed by atoms with Crippen LogP contribution in [0.4, 0.5) is 19.0 Å². The van der Waals surface area contributed by atoms with Gasteiger partial charge >= 0.3 is 0 Å². The monoisotopic (exact) mass is 246 g/mol. The van der Waals surface area contributed by atoms with Crippen molar-refractivity contribution in [1.82, 2.24) is 4.98 Å². The molecular weight excluding hydrogens is 233 g/mol. The van der Waals surface area contributed by atoms with E-state index in [0.29, 0.717) is 19.2 Å². The molecule has 1 aliphatic heterocycles. The first-order valence-corrected chi connectivity index (χ1v) is 5.39. The van der Waals surface area contributed by atoms with Gasteiger partial charge in [0.25, 0.3) is 5.95 Å². The van der Waals surface area contributed by atoms with Crippen LogP contribution in [0.5, 0.6) is 0 Å². The molecule has 1 aromatic heterocycles. The predicted molar refractivity (Wildman–Crippen MR) is 56.3 cm³/mol. The summed E-state index contributed by atoms with van der Waals surface area (Å²) in [6.45, 7) is 4.45. The van der Waals surface area contributed by atoms with Gasteiger partial charge in [0.1, 0.15) is 0 Å². The van der Waals surface area contributed by atoms with E-state index in [-0.39, 0.29) is 18.0 Å². The van der Waals surface area contributed by atoms with E-state index in [1.54, 1.807) is 4.90 Å². The van der Waals surface area contributed by atoms with E-state index in [0.717, 1.165) is 0 Å². The maximum atomic E-state index is 13.6. The Balaban J connectivity index is 2.35. The molecule has 6 heteroatoms. The highest BCUT2D eigenvalue weighted by Gasteiger charge is 2.27. The second-order valence-corrected chi connectivity index (χ2v) is 4.21. The molecule has 1 aromatic rings. The molecule has 0 amide bonds. The van der Waals surface area contributed by atoms with Crippen LogP contribution in [0.1, 0.15) is 13.8 Å². The Kier molecular flexibility index (Phi) is 3.24. The van der Waals surface area contributed by atoms with E-state index in [9.17, 15) is 13.2 Å². The van der Waals surface area contributed by atoms with Crippen LogP contribution < -0.4 is 4.90 Å². The first-order chi connectivity index (χ1) is 7.99. The minimum Gasteiger partial charge on any atom is -0.375 e. The molecule has 0 radical (unpaired) electrons. The summed E-state index contributed by atoms with van der Waals surface area (Å²) in [6.07, 6.45) is -0.0967. The summed E-state index contributed by atoms with van der Waals surface area (Å²) in [5.41, 5.74) is 0. The van der Waals surface area contributed by atoms with Crippen molar-refractivity contribution >= 4 is 5.82 Å². The first-order valence-electron chi connectivity index (χ1n) is 5.39. The van der Waals surface area contributed by atoms with Gasteiger partial charge in [0.05, 0.1) is 18.8 Å². The molecule has 2 atom stereocenters. The summed E-state index contributed by atoms with van der Waals surface area (Å²) < 4.78 is 44.7. The third-order valence-electron chi connectivity index (χ3n) is 2.75. The Hall–Kier alpha value is -1.30. The maximum Gasteiger partial charge on any atom is 0.251 e. The Bertz CT molecular complexity index is 427. The zero-order valence-corrected chi connectivity index (χ0v) is 9.58. The van der Waals surface area contributed by atoms with Crippen LogP contribution in [0.25, 0.3) is 0 Å². The fourth-order valence-electron chi connectivity index (χ4n) is 1.83. The highest BCUT2D eigenvalue weighted by molar-refractivity contribution is 5.42. The average Bonchev–Trinajstić information content (AvgIpc) is 2.27. The molecule has 0 aromatic carbocycles. The van der Waals surface area contributed by atoms with Crippen molar-refractivity contribution in [2.24, 2.45) is 0 Å². The highest BCUT2D eigenvalue weighted by Crippen LogP contribution is 2.24. The van der Waals surface area contributed by atoms with Crippen molar-refractivity contribution < 1.29 is 17.9 Å². The SMILES string of the molecule is CC1CN(c2nc(F)c(F)cc2F)C(C)CO1. The van der Waals surface area contributed by atoms with Crippen LogP contribution in [-0.2, 0) is 4.74 Å². The van der Waals surface area contributed by atoms with Gasteiger partial charge in [-0.3, -0.25) is 0 Å². The van der Waals surface area contributed by atoms with Crippen LogP contribution >= 0.6 is 0 Å². The molecule has 2 unspecified atom stereocenters. The minimum absolute atomic E-state index is 0.0967. The molecule has 2 heterocycles. The average molecular weight is 246 g/mol. The van der Waals surface area contributed by atoms with E-state index < -0.39 is 17.6 Å². The van der Waals surface area contributed by atoms with Crippen molar-refractivity contribution in [1.29, 1.82) is 0 Å². The van der Waals surface area contributed by atoms with Crippen molar-refractivity contribution in [2.75, 3.05) is 18.1 Å². The first kappa shape index (κ1) is 12.2. The van der Waals surface area contributed by atoms with E-state index in [4.69, 9.17) is 4.74 Å². The summed E-state index contributed by atoms with van der Waals surface area (Å²) in [5, 5.41) is 0. The molecule has 3 nitrogen and oxygen atoms in total. The summed E-state index contributed by atoms with van der Waals surface area (Å²) in [4.78, 5) is 4.92. The molecule has 0 saturated carbocycles. The quantitative estimate of drug-likeness (QED) is 0.710. The molecule has 0 bridgehead atoms. The Morgan fingerprint density at radius 1 is 1.29 bits per heavy atom. The number of rotatable bonds is 1. The number of hydrogen-bond acceptors (Lipinski definition) is 3. The normalized spacial score (nSPS) is 25.1. The minimum atomic E-state index is -1.28. The van der Waals surface area contributed by atoms with Gasteiger partial charge in [-0.2, -0.15) is 9.37 Å². The largest absolute Gasteiger partial charge is 0.375 e. The molecule has 17 heavy (non-hydrogen) atoms. The number of halogens is 3. The van der Waals surface area contributed by atoms with Gasteiger partial charge in [-0.1, -0.05) is 0 Å². The molecule has 0 N–H and O–H groups in total. The highest BCUT2D eigenvalue weighted by atomic mass is 19.2. The molecule has 1 saturated heterocycles. The molecule has 0 spiro atoms. The number of aromatic nitrogens is 1. The lowest BCUT2D eigenvalue weighted by atomic mass is 10.2. The van der Waals surface area contributed by atoms with Gasteiger partial charge in [-0.25, -0.2) is 8.78 Å². The van der Waals surface area contributed by atoms with Crippen molar-refractivity contribution in [2.45, 2.75) is 26.0 Å². The number of morpholine rings is 1. The van der Waals surface area contributed by atoms with Crippen LogP contribution in [0.2, 0.25) is 0 Å². The number of nitrogens with zero attached hydrogens (tertiary/aromatic N) is 2. The van der Waals surface area contributed by atoms with Crippen molar-refractivity contribution in [3.05, 3.63) is 23.6 Å². The fraction of sp³-hybridized carbons (Fsp3) is 0.545. The zero-order valence-electron chi connectivity index (χ0n) is 9.58. The van der Waals surface area contributed by atoms with E-state index >= 15 is 0 Å². The van der Waals surface area contributed by atoms with Gasteiger partial charge < -0.3 is 9.64 Å². The predicted octanol–water partition coefficient (Wildman–Crippen LogP) is 2.11. The summed E-state index contributed by atoms with van der Waals surface area (Å²) in [5.74, 6) is -3.58. The molecule has 1 aliphatic rings. The second-order valence-electron chi connectivity index (χ2n) is 4.21. The fourth-order valence-corrected chi connectivity index (χ4v) is 1.83. The molecule has 0 aliphatic carbocycles. The van der Waals surface area contributed by atoms with Gasteiger partial charge in [-0.15, -0.1) is 0 Å². The van der Waals surface area contributed by atoms with E-state index in [1.165, 1.54) is 0 Å². The zero-order chi connectivity index (χ0) is 12.6. The number of hydrogen-bond donors (Lipinski definition) is 0. The van der Waals surface area contributed by atoms with Gasteiger partial charge in [0.15, 0.2) is 17.5 Å². The van der Waals surface area contributed by atoms with Gasteiger partial charge in [0, 0.05) is 12.6 Å². The molecule has 94 valence electrons. The lowest BCUT2D eigenvalue weighted by Crippen LogP contribution is -2.48. The third-order valence-corrected chi connectivity index (χ3v) is 2.75. The van der Waals surface area contributed by atoms with Crippen LogP contribution in [-0.4, -0.2) is 30.3 Å². The number of ether oxygens (including phenoxy) is 1. The van der Waals surface area contributed by atoms with Gasteiger partial charge in [-0.05, 0) is 13.8 Å². The van der Waals surface area contributed by atoms with Crippen molar-refractivity contribution in [3.8, 4) is 0 Å². The molecule has 2 rings (SSSR count). The summed E-state index contributed by atoms with van der Waals surface area (Å²) in [6, 6.07) is 0.392. The van der Waals surface area contributed by atoms with Crippen LogP contribution in [0, 0.1) is 17.6 Å². The smallest absolute Gasteiger partial charge is 0.251 e. The van der Waals surface area contributed by atoms with E-state index in [1.807, 2.05) is 13.8 Å². The summed E-state index contributed by atoms with van der Waals surface area (Å²) >= 11 is 0. The Morgan fingerprint density at radius 2 is 2.00 bits per heavy atom. The number of pyridine rings is 1. The number of anilines is 1. The topological polar surface area (TPSA) is 25.4 Å². The Morgan fingerprint density at radius 3 is 2.71 bits per heavy atom. The lowest BCUT2D eigenvalue weighted by Gasteiger charge is -2.37. The van der Waals surface area contributed by atoms with E-state index in [2.05, 4.69) is 4.98 Å². The second kappa shape index (κ2) is 4.52. The summed E-state index contributed by atoms with van der Waals surface area (Å²) in [7, 11) is 0. The standard InChI is InChI=1S/C11H13F3N2O/c1-6-5-17-7(2)4-16(6)11-9(13)3-8(12)10(14)15-11/h3,6-7H,4-5H2,1-2H3. The van der Waals surface area contributed by atoms with Crippen LogP contribution in [0.15, 0.2) is 6.07 Å². The van der Waals surface area contributed by atoms with Gasteiger partial charge in [0.2, 0.25) is 0 Å². The molecular formula is C11H13F3N2O. The lowest BCUT2D eigenvalue weighted by molar-refractivity contribution is 0.0336.